The summed E-state index contributed by atoms with van der Waals surface area (Å²) in [4.78, 5) is 44.3. The third-order valence-corrected chi connectivity index (χ3v) is 9.50. The fourth-order valence-corrected chi connectivity index (χ4v) is 8.44. The van der Waals surface area contributed by atoms with Crippen LogP contribution in [0.2, 0.25) is 0 Å². The van der Waals surface area contributed by atoms with Gasteiger partial charge in [0.15, 0.2) is 0 Å². The van der Waals surface area contributed by atoms with Gasteiger partial charge in [0.1, 0.15) is 6.04 Å². The van der Waals surface area contributed by atoms with Crippen LogP contribution < -0.4 is 0 Å². The Bertz CT molecular complexity index is 804. The van der Waals surface area contributed by atoms with Gasteiger partial charge in [-0.25, -0.2) is 0 Å². The van der Waals surface area contributed by atoms with Crippen LogP contribution in [0.4, 0.5) is 0 Å². The van der Waals surface area contributed by atoms with Crippen LogP contribution in [0.25, 0.3) is 0 Å². The van der Waals surface area contributed by atoms with E-state index in [-0.39, 0.29) is 43.6 Å². The van der Waals surface area contributed by atoms with E-state index in [1.807, 2.05) is 18.7 Å². The molecule has 0 aromatic heterocycles. The van der Waals surface area contributed by atoms with E-state index in [9.17, 15) is 19.5 Å². The number of fused-ring (bicyclic) bond motifs is 1. The summed E-state index contributed by atoms with van der Waals surface area (Å²) >= 11 is 1.62. The fourth-order valence-electron chi connectivity index (χ4n) is 6.10. The van der Waals surface area contributed by atoms with Crippen molar-refractivity contribution in [2.45, 2.75) is 74.5 Å². The Morgan fingerprint density at radius 3 is 2.70 bits per heavy atom. The molecule has 0 aliphatic carbocycles. The molecule has 1 spiro atoms. The van der Waals surface area contributed by atoms with E-state index in [1.165, 1.54) is 4.90 Å². The SMILES string of the molecule is C=CCCOC(=O)[C@H]1[C@H]2C(=O)N(CCO)C(C(=O)N(CC=C)C(C)CCC)C23CC[C@]1(C)S3. The number of aliphatic hydroxyl groups is 1. The van der Waals surface area contributed by atoms with E-state index in [4.69, 9.17) is 4.74 Å². The molecule has 0 aromatic rings. The molecule has 3 heterocycles. The predicted octanol–water partition coefficient (Wildman–Crippen LogP) is 2.78. The Kier molecular flexibility index (Phi) is 7.99. The highest BCUT2D eigenvalue weighted by atomic mass is 32.2. The van der Waals surface area contributed by atoms with Gasteiger partial charge in [0.25, 0.3) is 0 Å². The molecule has 8 heteroatoms. The van der Waals surface area contributed by atoms with Gasteiger partial charge in [-0.1, -0.05) is 25.5 Å². The molecule has 7 nitrogen and oxygen atoms in total. The van der Waals surface area contributed by atoms with E-state index >= 15 is 0 Å². The lowest BCUT2D eigenvalue weighted by Gasteiger charge is -2.39. The van der Waals surface area contributed by atoms with Crippen molar-refractivity contribution in [3.63, 3.8) is 0 Å². The molecule has 0 radical (unpaired) electrons. The van der Waals surface area contributed by atoms with Crippen LogP contribution in [0, 0.1) is 11.8 Å². The highest BCUT2D eigenvalue weighted by Crippen LogP contribution is 2.71. The molecule has 1 N–H and O–H groups in total. The van der Waals surface area contributed by atoms with Crippen LogP contribution in [0.3, 0.4) is 0 Å². The Hall–Kier alpha value is -1.80. The Morgan fingerprint density at radius 2 is 2.09 bits per heavy atom. The molecule has 33 heavy (non-hydrogen) atoms. The molecule has 3 fully saturated rings. The number of nitrogens with zero attached hydrogens (tertiary/aromatic N) is 2. The molecule has 3 aliphatic rings. The standard InChI is InChI=1S/C25H38N2O5S/c1-6-9-16-32-23(31)19-18-21(29)27(14-15-28)20(25(18)12-11-24(19,5)33-25)22(30)26(13-8-3)17(4)10-7-2/h6,8,17-20,28H,1,3,7,9-16H2,2,4-5H3/t17?,18-,19+,20?,24-,25?/m0/s1. The Morgan fingerprint density at radius 1 is 1.36 bits per heavy atom. The van der Waals surface area contributed by atoms with Crippen LogP contribution in [-0.4, -0.2) is 80.6 Å². The first-order chi connectivity index (χ1) is 15.7. The first-order valence-corrected chi connectivity index (χ1v) is 12.8. The third kappa shape index (κ3) is 4.25. The summed E-state index contributed by atoms with van der Waals surface area (Å²) in [6.45, 7) is 14.1. The predicted molar refractivity (Wildman–Crippen MR) is 130 cm³/mol. The van der Waals surface area contributed by atoms with E-state index in [2.05, 4.69) is 20.1 Å². The first kappa shape index (κ1) is 25.8. The first-order valence-electron chi connectivity index (χ1n) is 12.0. The Labute approximate surface area is 201 Å². The van der Waals surface area contributed by atoms with Gasteiger partial charge in [-0.05, 0) is 39.5 Å². The van der Waals surface area contributed by atoms with Crippen molar-refractivity contribution < 1.29 is 24.2 Å². The zero-order valence-electron chi connectivity index (χ0n) is 20.1. The number of carbonyl (C=O) groups excluding carboxylic acids is 3. The number of hydrogen-bond donors (Lipinski definition) is 1. The molecular weight excluding hydrogens is 440 g/mol. The summed E-state index contributed by atoms with van der Waals surface area (Å²) in [5.74, 6) is -1.92. The lowest BCUT2D eigenvalue weighted by Crippen LogP contribution is -2.56. The summed E-state index contributed by atoms with van der Waals surface area (Å²) in [5, 5.41) is 9.74. The van der Waals surface area contributed by atoms with Crippen LogP contribution in [0.5, 0.6) is 0 Å². The van der Waals surface area contributed by atoms with Crippen molar-refractivity contribution in [1.29, 1.82) is 0 Å². The lowest BCUT2D eigenvalue weighted by molar-refractivity contribution is -0.155. The van der Waals surface area contributed by atoms with Gasteiger partial charge in [-0.2, -0.15) is 0 Å². The van der Waals surface area contributed by atoms with E-state index in [0.29, 0.717) is 19.4 Å². The van der Waals surface area contributed by atoms with Crippen molar-refractivity contribution in [3.05, 3.63) is 25.3 Å². The van der Waals surface area contributed by atoms with Gasteiger partial charge in [0, 0.05) is 23.9 Å². The van der Waals surface area contributed by atoms with Crippen LogP contribution >= 0.6 is 11.8 Å². The van der Waals surface area contributed by atoms with Crippen LogP contribution in [0.1, 0.15) is 52.9 Å². The smallest absolute Gasteiger partial charge is 0.311 e. The molecule has 0 saturated carbocycles. The second-order valence-electron chi connectivity index (χ2n) is 9.64. The molecule has 3 aliphatic heterocycles. The quantitative estimate of drug-likeness (QED) is 0.264. The molecule has 184 valence electrons. The van der Waals surface area contributed by atoms with E-state index in [0.717, 1.165) is 19.3 Å². The number of β-amino-alcohol motifs (C(OH)–C–C–N with tert-alkyl or cyclic N) is 1. The lowest BCUT2D eigenvalue weighted by atomic mass is 9.66. The van der Waals surface area contributed by atoms with Crippen molar-refractivity contribution in [2.75, 3.05) is 26.3 Å². The number of esters is 1. The highest BCUT2D eigenvalue weighted by Gasteiger charge is 2.77. The molecule has 3 rings (SSSR count). The maximum atomic E-state index is 14.1. The van der Waals surface area contributed by atoms with Gasteiger partial charge in [0.05, 0.1) is 29.8 Å². The van der Waals surface area contributed by atoms with Crippen molar-refractivity contribution >= 4 is 29.5 Å². The molecule has 0 aromatic carbocycles. The normalized spacial score (nSPS) is 33.0. The van der Waals surface area contributed by atoms with E-state index < -0.39 is 27.4 Å². The molecule has 2 amide bonds. The van der Waals surface area contributed by atoms with Crippen molar-refractivity contribution in [1.82, 2.24) is 9.80 Å². The summed E-state index contributed by atoms with van der Waals surface area (Å²) in [6.07, 6.45) is 7.16. The summed E-state index contributed by atoms with van der Waals surface area (Å²) in [5.41, 5.74) is 0. The molecular formula is C25H38N2O5S. The number of amides is 2. The fraction of sp³-hybridized carbons (Fsp3) is 0.720. The van der Waals surface area contributed by atoms with Gasteiger partial charge in [-0.3, -0.25) is 14.4 Å². The number of ether oxygens (including phenoxy) is 1. The minimum absolute atomic E-state index is 0.000818. The average Bonchev–Trinajstić information content (AvgIpc) is 3.33. The molecule has 3 saturated heterocycles. The third-order valence-electron chi connectivity index (χ3n) is 7.52. The number of likely N-dealkylation sites (tertiary alicyclic amines) is 1. The zero-order valence-corrected chi connectivity index (χ0v) is 20.9. The van der Waals surface area contributed by atoms with Crippen molar-refractivity contribution in [2.24, 2.45) is 11.8 Å². The summed E-state index contributed by atoms with van der Waals surface area (Å²) < 4.78 is 4.39. The molecule has 2 bridgehead atoms. The van der Waals surface area contributed by atoms with E-state index in [1.54, 1.807) is 23.9 Å². The number of hydrogen-bond acceptors (Lipinski definition) is 6. The second-order valence-corrected chi connectivity index (χ2v) is 11.5. The minimum Gasteiger partial charge on any atom is -0.465 e. The van der Waals surface area contributed by atoms with Crippen LogP contribution in [-0.2, 0) is 19.1 Å². The van der Waals surface area contributed by atoms with Gasteiger partial charge in [0.2, 0.25) is 11.8 Å². The molecule has 6 atom stereocenters. The number of aliphatic hydroxyl groups excluding tert-OH is 1. The molecule has 3 unspecified atom stereocenters. The minimum atomic E-state index is -0.709. The second kappa shape index (κ2) is 10.2. The summed E-state index contributed by atoms with van der Waals surface area (Å²) in [7, 11) is 0. The largest absolute Gasteiger partial charge is 0.465 e. The Balaban J connectivity index is 2.00. The number of thioether (sulfide) groups is 1. The van der Waals surface area contributed by atoms with Gasteiger partial charge in [-0.15, -0.1) is 24.9 Å². The maximum Gasteiger partial charge on any atom is 0.311 e. The average molecular weight is 479 g/mol. The monoisotopic (exact) mass is 478 g/mol. The zero-order chi connectivity index (χ0) is 24.4. The highest BCUT2D eigenvalue weighted by molar-refractivity contribution is 8.02. The number of carbonyl (C=O) groups is 3. The van der Waals surface area contributed by atoms with Gasteiger partial charge < -0.3 is 19.6 Å². The van der Waals surface area contributed by atoms with Crippen molar-refractivity contribution in [3.8, 4) is 0 Å². The van der Waals surface area contributed by atoms with Crippen LogP contribution in [0.15, 0.2) is 25.3 Å². The topological polar surface area (TPSA) is 87.1 Å². The summed E-state index contributed by atoms with van der Waals surface area (Å²) in [6, 6.07) is -0.708. The number of rotatable bonds is 12. The maximum absolute atomic E-state index is 14.1. The van der Waals surface area contributed by atoms with Gasteiger partial charge >= 0.3 is 5.97 Å².